The summed E-state index contributed by atoms with van der Waals surface area (Å²) in [6, 6.07) is 22.5. The molecule has 1 heterocycles. The third-order valence-corrected chi connectivity index (χ3v) is 7.55. The van der Waals surface area contributed by atoms with E-state index in [1.807, 2.05) is 38.1 Å². The molecule has 11 heteroatoms. The molecule has 5 rings (SSSR count). The molecule has 0 saturated carbocycles. The van der Waals surface area contributed by atoms with Crippen LogP contribution >= 0.6 is 39.1 Å². The van der Waals surface area contributed by atoms with E-state index < -0.39 is 11.9 Å². The summed E-state index contributed by atoms with van der Waals surface area (Å²) in [5, 5.41) is 5.77. The molecule has 5 aromatic rings. The van der Waals surface area contributed by atoms with Crippen LogP contribution < -0.4 is 19.6 Å². The van der Waals surface area contributed by atoms with Gasteiger partial charge in [-0.3, -0.25) is 4.79 Å². The van der Waals surface area contributed by atoms with Crippen LogP contribution in [0.1, 0.15) is 40.3 Å². The van der Waals surface area contributed by atoms with Crippen molar-refractivity contribution in [3.8, 4) is 28.4 Å². The number of carbonyl (C=O) groups excluding carboxylic acids is 2. The van der Waals surface area contributed by atoms with Crippen LogP contribution in [0.25, 0.3) is 22.0 Å². The number of ether oxygens (including phenoxy) is 3. The fourth-order valence-electron chi connectivity index (χ4n) is 4.57. The summed E-state index contributed by atoms with van der Waals surface area (Å²) < 4.78 is 17.6. The van der Waals surface area contributed by atoms with E-state index in [-0.39, 0.29) is 17.0 Å². The number of para-hydroxylation sites is 1. The van der Waals surface area contributed by atoms with Gasteiger partial charge in [0, 0.05) is 31.6 Å². The molecule has 1 aromatic heterocycles. The van der Waals surface area contributed by atoms with Crippen molar-refractivity contribution < 1.29 is 23.8 Å². The standard InChI is InChI=1S/C33H26BrCl2N3O5/c1-3-42-27-14-13-19(15-28(27)43-4-2)33(41)44-26-12-8-5-9-20(26)18-37-39-32(40)31-29(22-10-6-7-11-24(22)35)23-16-21(34)17-25(36)30(23)38-31/h5-18,38H,3-4H2,1-2H3,(H,39,40). The van der Waals surface area contributed by atoms with Crippen molar-refractivity contribution in [2.24, 2.45) is 5.10 Å². The summed E-state index contributed by atoms with van der Waals surface area (Å²) in [6.45, 7) is 4.58. The van der Waals surface area contributed by atoms with Gasteiger partial charge >= 0.3 is 5.97 Å². The number of hydrazone groups is 1. The molecule has 0 aliphatic carbocycles. The number of hydrogen-bond donors (Lipinski definition) is 2. The molecule has 0 unspecified atom stereocenters. The Morgan fingerprint density at radius 2 is 1.61 bits per heavy atom. The second kappa shape index (κ2) is 14.0. The number of rotatable bonds is 10. The van der Waals surface area contributed by atoms with Crippen molar-refractivity contribution in [1.29, 1.82) is 0 Å². The minimum absolute atomic E-state index is 0.227. The lowest BCUT2D eigenvalue weighted by molar-refractivity contribution is 0.0733. The number of aromatic nitrogens is 1. The Balaban J connectivity index is 1.39. The quantitative estimate of drug-likeness (QED) is 0.0659. The van der Waals surface area contributed by atoms with Crippen LogP contribution in [0.3, 0.4) is 0 Å². The number of hydrogen-bond acceptors (Lipinski definition) is 6. The van der Waals surface area contributed by atoms with Crippen molar-refractivity contribution in [1.82, 2.24) is 10.4 Å². The van der Waals surface area contributed by atoms with Gasteiger partial charge in [-0.2, -0.15) is 5.10 Å². The number of carbonyl (C=O) groups is 2. The van der Waals surface area contributed by atoms with E-state index in [0.717, 1.165) is 4.47 Å². The highest BCUT2D eigenvalue weighted by atomic mass is 79.9. The first kappa shape index (κ1) is 31.1. The first-order valence-electron chi connectivity index (χ1n) is 13.6. The number of H-pyrrole nitrogens is 1. The van der Waals surface area contributed by atoms with Crippen molar-refractivity contribution in [3.05, 3.63) is 110 Å². The smallest absolute Gasteiger partial charge is 0.343 e. The Morgan fingerprint density at radius 1 is 0.886 bits per heavy atom. The lowest BCUT2D eigenvalue weighted by Crippen LogP contribution is -2.19. The van der Waals surface area contributed by atoms with E-state index in [4.69, 9.17) is 37.4 Å². The first-order chi connectivity index (χ1) is 21.3. The van der Waals surface area contributed by atoms with Crippen molar-refractivity contribution in [2.75, 3.05) is 13.2 Å². The summed E-state index contributed by atoms with van der Waals surface area (Å²) in [7, 11) is 0. The van der Waals surface area contributed by atoms with Crippen molar-refractivity contribution >= 4 is 68.1 Å². The number of amides is 1. The fraction of sp³-hybridized carbons (Fsp3) is 0.121. The van der Waals surface area contributed by atoms with Gasteiger partial charge < -0.3 is 19.2 Å². The molecule has 1 amide bonds. The van der Waals surface area contributed by atoms with Gasteiger partial charge in [0.1, 0.15) is 11.4 Å². The highest BCUT2D eigenvalue weighted by molar-refractivity contribution is 9.10. The van der Waals surface area contributed by atoms with Crippen molar-refractivity contribution in [3.63, 3.8) is 0 Å². The molecule has 4 aromatic carbocycles. The molecule has 0 spiro atoms. The molecule has 0 saturated heterocycles. The zero-order chi connectivity index (χ0) is 31.2. The van der Waals surface area contributed by atoms with Gasteiger partial charge in [-0.25, -0.2) is 10.2 Å². The maximum absolute atomic E-state index is 13.5. The predicted molar refractivity (Wildman–Crippen MR) is 177 cm³/mol. The van der Waals surface area contributed by atoms with Gasteiger partial charge in [0.2, 0.25) is 0 Å². The number of fused-ring (bicyclic) bond motifs is 1. The lowest BCUT2D eigenvalue weighted by Gasteiger charge is -2.12. The number of halogens is 3. The SMILES string of the molecule is CCOc1ccc(C(=O)Oc2ccccc2C=NNC(=O)c2[nH]c3c(Cl)cc(Br)cc3c2-c2ccccc2Cl)cc1OCC. The molecule has 0 aliphatic heterocycles. The van der Waals surface area contributed by atoms with Gasteiger partial charge in [-0.15, -0.1) is 0 Å². The van der Waals surface area contributed by atoms with Gasteiger partial charge in [0.05, 0.1) is 35.5 Å². The van der Waals surface area contributed by atoms with Crippen molar-refractivity contribution in [2.45, 2.75) is 13.8 Å². The molecule has 0 aliphatic rings. The van der Waals surface area contributed by atoms with E-state index in [9.17, 15) is 9.59 Å². The van der Waals surface area contributed by atoms with Crippen LogP contribution in [0.15, 0.2) is 88.4 Å². The van der Waals surface area contributed by atoms with Gasteiger partial charge in [0.15, 0.2) is 11.5 Å². The molecule has 8 nitrogen and oxygen atoms in total. The Labute approximate surface area is 272 Å². The topological polar surface area (TPSA) is 102 Å². The van der Waals surface area contributed by atoms with Crippen LogP contribution in [0, 0.1) is 0 Å². The highest BCUT2D eigenvalue weighted by Crippen LogP contribution is 2.40. The average molecular weight is 695 g/mol. The first-order valence-corrected chi connectivity index (χ1v) is 15.2. The minimum atomic E-state index is -0.593. The molecular weight excluding hydrogens is 669 g/mol. The Bertz CT molecular complexity index is 1890. The zero-order valence-electron chi connectivity index (χ0n) is 23.6. The Kier molecular flexibility index (Phi) is 9.89. The molecule has 0 radical (unpaired) electrons. The van der Waals surface area contributed by atoms with Gasteiger partial charge in [-0.05, 0) is 62.4 Å². The molecule has 0 fully saturated rings. The summed E-state index contributed by atoms with van der Waals surface area (Å²) in [5.74, 6) is 0.123. The van der Waals surface area contributed by atoms with Gasteiger partial charge in [-0.1, -0.05) is 69.5 Å². The summed E-state index contributed by atoms with van der Waals surface area (Å²) in [5.41, 5.74) is 5.35. The predicted octanol–water partition coefficient (Wildman–Crippen LogP) is 8.68. The van der Waals surface area contributed by atoms with E-state index in [1.54, 1.807) is 54.6 Å². The summed E-state index contributed by atoms with van der Waals surface area (Å²) in [4.78, 5) is 29.6. The van der Waals surface area contributed by atoms with E-state index >= 15 is 0 Å². The third kappa shape index (κ3) is 6.75. The number of aromatic amines is 1. The zero-order valence-corrected chi connectivity index (χ0v) is 26.7. The molecule has 44 heavy (non-hydrogen) atoms. The second-order valence-electron chi connectivity index (χ2n) is 9.32. The van der Waals surface area contributed by atoms with Crippen LogP contribution in [0.5, 0.6) is 17.2 Å². The average Bonchev–Trinajstić information content (AvgIpc) is 3.39. The number of benzene rings is 4. The molecule has 224 valence electrons. The summed E-state index contributed by atoms with van der Waals surface area (Å²) >= 11 is 16.5. The molecule has 2 N–H and O–H groups in total. The minimum Gasteiger partial charge on any atom is -0.490 e. The normalized spacial score (nSPS) is 11.1. The highest BCUT2D eigenvalue weighted by Gasteiger charge is 2.22. The number of esters is 1. The Morgan fingerprint density at radius 3 is 2.39 bits per heavy atom. The molecule has 0 bridgehead atoms. The maximum atomic E-state index is 13.5. The molecule has 0 atom stereocenters. The monoisotopic (exact) mass is 693 g/mol. The maximum Gasteiger partial charge on any atom is 0.343 e. The van der Waals surface area contributed by atoms with Crippen LogP contribution in [0.2, 0.25) is 10.0 Å². The third-order valence-electron chi connectivity index (χ3n) is 6.47. The number of nitrogens with zero attached hydrogens (tertiary/aromatic N) is 1. The second-order valence-corrected chi connectivity index (χ2v) is 11.0. The fourth-order valence-corrected chi connectivity index (χ4v) is 5.65. The van der Waals surface area contributed by atoms with Gasteiger partial charge in [0.25, 0.3) is 5.91 Å². The molecular formula is C33H26BrCl2N3O5. The van der Waals surface area contributed by atoms with E-state index in [2.05, 4.69) is 31.4 Å². The summed E-state index contributed by atoms with van der Waals surface area (Å²) in [6.07, 6.45) is 1.39. The Hall–Kier alpha value is -4.31. The van der Waals surface area contributed by atoms with E-state index in [1.165, 1.54) is 6.21 Å². The number of nitrogens with one attached hydrogen (secondary N) is 2. The van der Waals surface area contributed by atoms with Crippen LogP contribution in [-0.2, 0) is 0 Å². The lowest BCUT2D eigenvalue weighted by atomic mass is 10.0. The van der Waals surface area contributed by atoms with Crippen LogP contribution in [0.4, 0.5) is 0 Å². The largest absolute Gasteiger partial charge is 0.490 e. The van der Waals surface area contributed by atoms with Crippen LogP contribution in [-0.4, -0.2) is 36.3 Å². The van der Waals surface area contributed by atoms with E-state index in [0.29, 0.717) is 62.4 Å².